The number of aliphatic imine (C=N–C) groups is 1. The number of carbonyl (C=O) groups excluding carboxylic acids is 2. The number of ether oxygens (including phenoxy) is 2. The Morgan fingerprint density at radius 2 is 1.88 bits per heavy atom. The number of rotatable bonds is 6. The highest BCUT2D eigenvalue weighted by Gasteiger charge is 2.55. The first-order valence-corrected chi connectivity index (χ1v) is 12.1. The maximum atomic E-state index is 13.6. The third-order valence-corrected chi connectivity index (χ3v) is 6.84. The molecule has 2 atom stereocenters. The predicted molar refractivity (Wildman–Crippen MR) is 128 cm³/mol. The first-order valence-electron chi connectivity index (χ1n) is 12.1. The summed E-state index contributed by atoms with van der Waals surface area (Å²) in [5.41, 5.74) is 0.989. The van der Waals surface area contributed by atoms with E-state index in [1.54, 1.807) is 7.05 Å². The van der Waals surface area contributed by atoms with Gasteiger partial charge in [-0.15, -0.1) is 0 Å². The van der Waals surface area contributed by atoms with Gasteiger partial charge >= 0.3 is 12.0 Å². The second-order valence-corrected chi connectivity index (χ2v) is 9.25. The van der Waals surface area contributed by atoms with Gasteiger partial charge in [0.05, 0.1) is 32.9 Å². The average Bonchev–Trinajstić information content (AvgIpc) is 3.23. The number of amidine groups is 1. The SMILES string of the molecule is CCOc1ccc(N2CC(C)C[N+]3=C2N=C2C3C(=O)N(CCN3CCOCC3)C(=O)N2C)cc1. The quantitative estimate of drug-likeness (QED) is 0.577. The minimum absolute atomic E-state index is 0.189. The molecule has 4 heterocycles. The van der Waals surface area contributed by atoms with Crippen molar-refractivity contribution >= 4 is 29.4 Å². The van der Waals surface area contributed by atoms with Crippen LogP contribution in [-0.2, 0) is 9.53 Å². The highest BCUT2D eigenvalue weighted by atomic mass is 16.5. The minimum atomic E-state index is -0.574. The van der Waals surface area contributed by atoms with Crippen LogP contribution in [0.2, 0.25) is 0 Å². The molecule has 10 heteroatoms. The van der Waals surface area contributed by atoms with E-state index in [2.05, 4.69) is 21.3 Å². The van der Waals surface area contributed by atoms with E-state index >= 15 is 0 Å². The van der Waals surface area contributed by atoms with Crippen molar-refractivity contribution in [3.05, 3.63) is 24.3 Å². The maximum Gasteiger partial charge on any atom is 0.397 e. The minimum Gasteiger partial charge on any atom is -0.494 e. The van der Waals surface area contributed by atoms with Gasteiger partial charge in [0, 0.05) is 39.1 Å². The van der Waals surface area contributed by atoms with Gasteiger partial charge in [0.2, 0.25) is 11.9 Å². The Hall–Kier alpha value is -2.98. The number of urea groups is 1. The Bertz CT molecular complexity index is 1020. The third kappa shape index (κ3) is 4.05. The highest BCUT2D eigenvalue weighted by Crippen LogP contribution is 2.29. The van der Waals surface area contributed by atoms with E-state index in [0.717, 1.165) is 37.0 Å². The Morgan fingerprint density at radius 3 is 2.59 bits per heavy atom. The van der Waals surface area contributed by atoms with Gasteiger partial charge in [0.15, 0.2) is 0 Å². The average molecular weight is 470 g/mol. The lowest BCUT2D eigenvalue weighted by atomic mass is 10.1. The van der Waals surface area contributed by atoms with Gasteiger partial charge in [0.1, 0.15) is 11.4 Å². The lowest BCUT2D eigenvalue weighted by Gasteiger charge is -2.36. The van der Waals surface area contributed by atoms with Crippen molar-refractivity contribution in [2.45, 2.75) is 19.9 Å². The van der Waals surface area contributed by atoms with Crippen molar-refractivity contribution in [1.29, 1.82) is 0 Å². The molecule has 0 radical (unpaired) electrons. The molecule has 0 N–H and O–H groups in total. The molecule has 2 unspecified atom stereocenters. The van der Waals surface area contributed by atoms with Crippen LogP contribution in [0.1, 0.15) is 13.8 Å². The number of benzene rings is 1. The second-order valence-electron chi connectivity index (χ2n) is 9.25. The molecular formula is C24H33N6O4+. The fourth-order valence-corrected chi connectivity index (χ4v) is 5.08. The molecule has 0 bridgehead atoms. The molecule has 2 saturated heterocycles. The number of guanidine groups is 1. The van der Waals surface area contributed by atoms with Crippen molar-refractivity contribution < 1.29 is 23.6 Å². The Morgan fingerprint density at radius 1 is 1.15 bits per heavy atom. The Kier molecular flexibility index (Phi) is 6.26. The lowest BCUT2D eigenvalue weighted by molar-refractivity contribution is -0.545. The zero-order valence-corrected chi connectivity index (χ0v) is 20.1. The van der Waals surface area contributed by atoms with Crippen LogP contribution in [0.25, 0.3) is 0 Å². The normalized spacial score (nSPS) is 25.5. The summed E-state index contributed by atoms with van der Waals surface area (Å²) in [6.45, 7) is 10.3. The van der Waals surface area contributed by atoms with E-state index in [1.807, 2.05) is 31.2 Å². The summed E-state index contributed by atoms with van der Waals surface area (Å²) in [4.78, 5) is 38.9. The zero-order valence-electron chi connectivity index (χ0n) is 20.1. The summed E-state index contributed by atoms with van der Waals surface area (Å²) in [7, 11) is 1.71. The van der Waals surface area contributed by atoms with Crippen LogP contribution in [0.4, 0.5) is 10.5 Å². The standard InChI is InChI=1S/C24H33N6O4/c1-4-34-19-7-5-18(6-8-19)29-15-17(2)16-30-20-21(25-23(29)30)26(3)24(32)28(22(20)31)10-9-27-11-13-33-14-12-27/h5-8,17,20H,4,9-16H2,1-3H3/q+1. The topological polar surface area (TPSA) is 80.9 Å². The summed E-state index contributed by atoms with van der Waals surface area (Å²) < 4.78 is 13.1. The molecule has 1 aromatic rings. The van der Waals surface area contributed by atoms with Crippen LogP contribution >= 0.6 is 0 Å². The molecule has 34 heavy (non-hydrogen) atoms. The first kappa shape index (κ1) is 22.8. The molecule has 182 valence electrons. The van der Waals surface area contributed by atoms with Gasteiger partial charge in [-0.05, 0) is 31.2 Å². The van der Waals surface area contributed by atoms with Gasteiger partial charge in [-0.2, -0.15) is 0 Å². The maximum absolute atomic E-state index is 13.6. The number of anilines is 1. The highest BCUT2D eigenvalue weighted by molar-refractivity contribution is 6.24. The summed E-state index contributed by atoms with van der Waals surface area (Å²) in [6, 6.07) is 7.05. The molecule has 0 aromatic heterocycles. The molecule has 10 nitrogen and oxygen atoms in total. The van der Waals surface area contributed by atoms with Crippen LogP contribution in [-0.4, -0.2) is 115 Å². The molecular weight excluding hydrogens is 436 g/mol. The van der Waals surface area contributed by atoms with Crippen LogP contribution < -0.4 is 9.64 Å². The molecule has 4 aliphatic heterocycles. The van der Waals surface area contributed by atoms with Crippen molar-refractivity contribution in [2.75, 3.05) is 71.0 Å². The molecule has 3 amide bonds. The lowest BCUT2D eigenvalue weighted by Crippen LogP contribution is -2.64. The summed E-state index contributed by atoms with van der Waals surface area (Å²) in [5.74, 6) is 2.19. The molecule has 0 aliphatic carbocycles. The van der Waals surface area contributed by atoms with Gasteiger partial charge < -0.3 is 9.47 Å². The van der Waals surface area contributed by atoms with Crippen molar-refractivity contribution in [3.8, 4) is 5.75 Å². The number of morpholine rings is 1. The first-order chi connectivity index (χ1) is 16.5. The van der Waals surface area contributed by atoms with Gasteiger partial charge in [-0.1, -0.05) is 11.9 Å². The zero-order chi connectivity index (χ0) is 23.8. The molecule has 0 spiro atoms. The Labute approximate surface area is 200 Å². The van der Waals surface area contributed by atoms with E-state index in [4.69, 9.17) is 14.5 Å². The third-order valence-electron chi connectivity index (χ3n) is 6.84. The number of fused-ring (bicyclic) bond motifs is 2. The van der Waals surface area contributed by atoms with E-state index < -0.39 is 6.04 Å². The number of hydrogen-bond acceptors (Lipinski definition) is 7. The summed E-state index contributed by atoms with van der Waals surface area (Å²) in [5, 5.41) is 0. The van der Waals surface area contributed by atoms with E-state index in [-0.39, 0.29) is 11.9 Å². The molecule has 0 saturated carbocycles. The van der Waals surface area contributed by atoms with Gasteiger partial charge in [0.25, 0.3) is 5.91 Å². The second kappa shape index (κ2) is 9.34. The Balaban J connectivity index is 1.41. The van der Waals surface area contributed by atoms with Crippen molar-refractivity contribution in [2.24, 2.45) is 10.9 Å². The number of amides is 3. The number of hydrogen-bond donors (Lipinski definition) is 0. The monoisotopic (exact) mass is 469 g/mol. The molecule has 4 aliphatic rings. The summed E-state index contributed by atoms with van der Waals surface area (Å²) in [6.07, 6.45) is 0. The summed E-state index contributed by atoms with van der Waals surface area (Å²) >= 11 is 0. The fraction of sp³-hybridized carbons (Fsp3) is 0.583. The smallest absolute Gasteiger partial charge is 0.397 e. The number of likely N-dealkylation sites (N-methyl/N-ethyl adjacent to an activating group) is 1. The molecule has 1 aromatic carbocycles. The van der Waals surface area contributed by atoms with Crippen LogP contribution in [0.5, 0.6) is 5.75 Å². The molecule has 5 rings (SSSR count). The van der Waals surface area contributed by atoms with Crippen LogP contribution in [0.15, 0.2) is 29.3 Å². The van der Waals surface area contributed by atoms with Crippen LogP contribution in [0.3, 0.4) is 0 Å². The van der Waals surface area contributed by atoms with E-state index in [0.29, 0.717) is 51.2 Å². The predicted octanol–water partition coefficient (Wildman–Crippen LogP) is 0.917. The van der Waals surface area contributed by atoms with Gasteiger partial charge in [-0.25, -0.2) is 14.3 Å². The number of nitrogens with zero attached hydrogens (tertiary/aromatic N) is 6. The van der Waals surface area contributed by atoms with Crippen molar-refractivity contribution in [1.82, 2.24) is 14.7 Å². The van der Waals surface area contributed by atoms with Gasteiger partial charge in [-0.3, -0.25) is 19.5 Å². The number of imide groups is 1. The molecule has 2 fully saturated rings. The van der Waals surface area contributed by atoms with Crippen molar-refractivity contribution in [3.63, 3.8) is 0 Å². The van der Waals surface area contributed by atoms with E-state index in [9.17, 15) is 9.59 Å². The number of carbonyl (C=O) groups is 2. The van der Waals surface area contributed by atoms with E-state index in [1.165, 1.54) is 9.80 Å². The van der Waals surface area contributed by atoms with Crippen LogP contribution in [0, 0.1) is 5.92 Å². The fourth-order valence-electron chi connectivity index (χ4n) is 5.08. The largest absolute Gasteiger partial charge is 0.494 e.